The molecule has 0 atom stereocenters. The second-order valence-corrected chi connectivity index (χ2v) is 9.20. The van der Waals surface area contributed by atoms with Gasteiger partial charge in [0.1, 0.15) is 5.82 Å². The highest BCUT2D eigenvalue weighted by Gasteiger charge is 2.33. The Hall–Kier alpha value is -2.91. The maximum Gasteiger partial charge on any atom is 0.257 e. The highest BCUT2D eigenvalue weighted by Crippen LogP contribution is 2.42. The summed E-state index contributed by atoms with van der Waals surface area (Å²) in [6.45, 7) is 0.369. The van der Waals surface area contributed by atoms with Gasteiger partial charge in [-0.25, -0.2) is 13.4 Å². The molecule has 3 aromatic rings. The molecular formula is C19H14N4O3S2. The van der Waals surface area contributed by atoms with Crippen LogP contribution in [0.1, 0.15) is 10.4 Å². The molecule has 0 bridgehead atoms. The Kier molecular flexibility index (Phi) is 3.88. The van der Waals surface area contributed by atoms with Crippen LogP contribution in [0.5, 0.6) is 0 Å². The smallest absolute Gasteiger partial charge is 0.257 e. The summed E-state index contributed by atoms with van der Waals surface area (Å²) in [5.41, 5.74) is 2.16. The molecule has 1 aromatic heterocycles. The molecule has 5 rings (SSSR count). The van der Waals surface area contributed by atoms with Crippen LogP contribution < -0.4 is 10.2 Å². The molecule has 0 saturated carbocycles. The van der Waals surface area contributed by atoms with Gasteiger partial charge in [0.2, 0.25) is 0 Å². The van der Waals surface area contributed by atoms with Crippen molar-refractivity contribution in [1.82, 2.24) is 4.98 Å². The minimum absolute atomic E-state index is 0.00757. The molecule has 0 unspecified atom stereocenters. The van der Waals surface area contributed by atoms with E-state index in [1.165, 1.54) is 11.8 Å². The van der Waals surface area contributed by atoms with E-state index in [2.05, 4.69) is 14.7 Å². The number of anilines is 2. The number of carbonyl (C=O) groups excluding carboxylic acids is 1. The third-order valence-electron chi connectivity index (χ3n) is 4.57. The van der Waals surface area contributed by atoms with Gasteiger partial charge in [0.15, 0.2) is 5.17 Å². The normalized spacial score (nSPS) is 17.0. The number of sulfonamides is 1. The molecule has 0 fully saturated rings. The van der Waals surface area contributed by atoms with E-state index in [0.29, 0.717) is 23.1 Å². The van der Waals surface area contributed by atoms with Crippen molar-refractivity contribution in [3.05, 3.63) is 60.2 Å². The van der Waals surface area contributed by atoms with Crippen LogP contribution in [0, 0.1) is 0 Å². The molecule has 1 N–H and O–H groups in total. The summed E-state index contributed by atoms with van der Waals surface area (Å²) in [4.78, 5) is 19.8. The molecule has 7 nitrogen and oxygen atoms in total. The van der Waals surface area contributed by atoms with Gasteiger partial charge in [0.05, 0.1) is 17.0 Å². The second-order valence-electron chi connectivity index (χ2n) is 6.44. The van der Waals surface area contributed by atoms with Crippen molar-refractivity contribution >= 4 is 55.3 Å². The van der Waals surface area contributed by atoms with Gasteiger partial charge in [0, 0.05) is 22.4 Å². The summed E-state index contributed by atoms with van der Waals surface area (Å²) in [7, 11) is -3.40. The number of nitrogens with zero attached hydrogens (tertiary/aromatic N) is 3. The van der Waals surface area contributed by atoms with Crippen molar-refractivity contribution in [1.29, 1.82) is 0 Å². The Balaban J connectivity index is 1.41. The lowest BCUT2D eigenvalue weighted by Crippen LogP contribution is -2.35. The predicted molar refractivity (Wildman–Crippen MR) is 111 cm³/mol. The van der Waals surface area contributed by atoms with Crippen molar-refractivity contribution in [2.24, 2.45) is 4.40 Å². The molecule has 140 valence electrons. The first-order valence-corrected chi connectivity index (χ1v) is 11.0. The van der Waals surface area contributed by atoms with Gasteiger partial charge in [-0.2, -0.15) is 0 Å². The number of amidine groups is 1. The molecule has 0 spiro atoms. The van der Waals surface area contributed by atoms with Crippen LogP contribution in [0.2, 0.25) is 0 Å². The van der Waals surface area contributed by atoms with E-state index in [4.69, 9.17) is 0 Å². The van der Waals surface area contributed by atoms with Gasteiger partial charge < -0.3 is 10.2 Å². The fraction of sp³-hybridized carbons (Fsp3) is 0.105. The van der Waals surface area contributed by atoms with Gasteiger partial charge in [-0.05, 0) is 48.2 Å². The number of carbonyl (C=O) groups is 1. The molecule has 0 saturated heterocycles. The molecule has 2 aromatic carbocycles. The second kappa shape index (κ2) is 6.32. The Labute approximate surface area is 165 Å². The Morgan fingerprint density at radius 1 is 1.11 bits per heavy atom. The quantitative estimate of drug-likeness (QED) is 0.698. The number of aromatic nitrogens is 1. The number of nitrogens with one attached hydrogen (secondary N) is 1. The zero-order valence-corrected chi connectivity index (χ0v) is 16.1. The third kappa shape index (κ3) is 3.02. The maximum absolute atomic E-state index is 12.7. The Morgan fingerprint density at radius 3 is 2.86 bits per heavy atom. The molecule has 9 heteroatoms. The van der Waals surface area contributed by atoms with Crippen LogP contribution in [-0.2, 0) is 10.0 Å². The van der Waals surface area contributed by atoms with Crippen molar-refractivity contribution < 1.29 is 13.2 Å². The number of thioether (sulfide) groups is 1. The SMILES string of the molecule is O=C(Nc1ccc2ccccc2n1)c1ccc2c(c1)SC1=NS(=O)(=O)CCN12. The van der Waals surface area contributed by atoms with Crippen LogP contribution in [0.25, 0.3) is 10.9 Å². The largest absolute Gasteiger partial charge is 0.318 e. The van der Waals surface area contributed by atoms with Crippen LogP contribution >= 0.6 is 11.8 Å². The summed E-state index contributed by atoms with van der Waals surface area (Å²) in [6, 6.07) is 16.7. The standard InChI is InChI=1S/C19H14N4O3S2/c24-18(21-17-8-6-12-3-1-2-4-14(12)20-17)13-5-7-15-16(11-13)27-19-22-28(25,26)10-9-23(15)19/h1-8,11H,9-10H2,(H,20,21,24). The summed E-state index contributed by atoms with van der Waals surface area (Å²) in [6.07, 6.45) is 0. The first-order chi connectivity index (χ1) is 13.5. The molecule has 1 amide bonds. The summed E-state index contributed by atoms with van der Waals surface area (Å²) < 4.78 is 27.3. The van der Waals surface area contributed by atoms with E-state index in [9.17, 15) is 13.2 Å². The molecule has 0 radical (unpaired) electrons. The topological polar surface area (TPSA) is 91.7 Å². The number of hydrogen-bond donors (Lipinski definition) is 1. The molecule has 2 aliphatic rings. The summed E-state index contributed by atoms with van der Waals surface area (Å²) >= 11 is 1.26. The van der Waals surface area contributed by atoms with Gasteiger partial charge in [-0.1, -0.05) is 18.2 Å². The number of para-hydroxylation sites is 1. The highest BCUT2D eigenvalue weighted by atomic mass is 32.2. The number of hydrogen-bond acceptors (Lipinski definition) is 6. The number of rotatable bonds is 2. The van der Waals surface area contributed by atoms with Gasteiger partial charge >= 0.3 is 0 Å². The molecular weight excluding hydrogens is 396 g/mol. The lowest BCUT2D eigenvalue weighted by molar-refractivity contribution is 0.102. The molecule has 0 aliphatic carbocycles. The minimum Gasteiger partial charge on any atom is -0.318 e. The van der Waals surface area contributed by atoms with Crippen LogP contribution in [0.4, 0.5) is 11.5 Å². The monoisotopic (exact) mass is 410 g/mol. The average molecular weight is 410 g/mol. The zero-order valence-electron chi connectivity index (χ0n) is 14.5. The maximum atomic E-state index is 12.7. The minimum atomic E-state index is -3.40. The van der Waals surface area contributed by atoms with E-state index >= 15 is 0 Å². The summed E-state index contributed by atoms with van der Waals surface area (Å²) in [5, 5.41) is 4.26. The summed E-state index contributed by atoms with van der Waals surface area (Å²) in [5.74, 6) is 0.196. The van der Waals surface area contributed by atoms with Crippen LogP contribution in [0.3, 0.4) is 0 Å². The Bertz CT molecular complexity index is 1270. The van der Waals surface area contributed by atoms with Crippen molar-refractivity contribution in [2.45, 2.75) is 4.90 Å². The van der Waals surface area contributed by atoms with E-state index in [1.807, 2.05) is 41.3 Å². The van der Waals surface area contributed by atoms with Crippen LogP contribution in [-0.4, -0.2) is 36.8 Å². The fourth-order valence-corrected chi connectivity index (χ4v) is 5.49. The third-order valence-corrected chi connectivity index (χ3v) is 6.88. The number of pyridine rings is 1. The molecule has 28 heavy (non-hydrogen) atoms. The van der Waals surface area contributed by atoms with E-state index in [1.54, 1.807) is 18.2 Å². The predicted octanol–water partition coefficient (Wildman–Crippen LogP) is 3.10. The van der Waals surface area contributed by atoms with Crippen molar-refractivity contribution in [3.8, 4) is 0 Å². The average Bonchev–Trinajstić information content (AvgIpc) is 3.03. The first kappa shape index (κ1) is 17.2. The number of benzene rings is 2. The molecule has 2 aliphatic heterocycles. The number of amides is 1. The lowest BCUT2D eigenvalue weighted by Gasteiger charge is -2.22. The van der Waals surface area contributed by atoms with Gasteiger partial charge in [-0.3, -0.25) is 4.79 Å². The molecule has 3 heterocycles. The van der Waals surface area contributed by atoms with E-state index in [0.717, 1.165) is 21.5 Å². The Morgan fingerprint density at radius 2 is 1.96 bits per heavy atom. The van der Waals surface area contributed by atoms with E-state index < -0.39 is 10.0 Å². The highest BCUT2D eigenvalue weighted by molar-refractivity contribution is 8.15. The van der Waals surface area contributed by atoms with Gasteiger partial charge in [-0.15, -0.1) is 4.40 Å². The lowest BCUT2D eigenvalue weighted by atomic mass is 10.1. The van der Waals surface area contributed by atoms with Gasteiger partial charge in [0.25, 0.3) is 15.9 Å². The van der Waals surface area contributed by atoms with Crippen molar-refractivity contribution in [2.75, 3.05) is 22.5 Å². The zero-order chi connectivity index (χ0) is 19.3. The van der Waals surface area contributed by atoms with Crippen LogP contribution in [0.15, 0.2) is 63.9 Å². The number of fused-ring (bicyclic) bond motifs is 4. The fourth-order valence-electron chi connectivity index (χ4n) is 3.20. The van der Waals surface area contributed by atoms with E-state index in [-0.39, 0.29) is 11.7 Å². The first-order valence-electron chi connectivity index (χ1n) is 8.58. The van der Waals surface area contributed by atoms with Crippen molar-refractivity contribution in [3.63, 3.8) is 0 Å².